The molecular weight excluding hydrogens is 372 g/mol. The van der Waals surface area contributed by atoms with Gasteiger partial charge in [-0.2, -0.15) is 5.26 Å². The molecule has 0 aliphatic heterocycles. The smallest absolute Gasteiger partial charge is 0.328 e. The summed E-state index contributed by atoms with van der Waals surface area (Å²) in [6.45, 7) is 0. The number of benzene rings is 2. The molecule has 2 rings (SSSR count). The number of hydrogen-bond acceptors (Lipinski definition) is 4. The molecule has 0 aromatic heterocycles. The number of nitriles is 1. The number of carbonyl (C=O) groups is 2. The first-order valence-electron chi connectivity index (χ1n) is 7.17. The SMILES string of the molecule is COC(=O)[C@H](Cc1cccc(Br)c1)NC(=O)c1ccc(C#N)cc1. The number of ether oxygens (including phenoxy) is 1. The van der Waals surface area contributed by atoms with Gasteiger partial charge in [0.25, 0.3) is 5.91 Å². The van der Waals surface area contributed by atoms with Crippen molar-refractivity contribution in [3.63, 3.8) is 0 Å². The molecule has 0 fully saturated rings. The largest absolute Gasteiger partial charge is 0.467 e. The van der Waals surface area contributed by atoms with Crippen LogP contribution in [0, 0.1) is 11.3 Å². The molecule has 0 radical (unpaired) electrons. The lowest BCUT2D eigenvalue weighted by molar-refractivity contribution is -0.142. The zero-order chi connectivity index (χ0) is 17.5. The zero-order valence-electron chi connectivity index (χ0n) is 13.0. The van der Waals surface area contributed by atoms with Crippen molar-refractivity contribution in [2.24, 2.45) is 0 Å². The second-order valence-electron chi connectivity index (χ2n) is 5.07. The first kappa shape index (κ1) is 17.7. The molecule has 0 saturated heterocycles. The molecule has 0 bridgehead atoms. The molecule has 1 atom stereocenters. The zero-order valence-corrected chi connectivity index (χ0v) is 14.5. The Kier molecular flexibility index (Phi) is 6.10. The summed E-state index contributed by atoms with van der Waals surface area (Å²) in [5, 5.41) is 11.5. The Labute approximate surface area is 148 Å². The summed E-state index contributed by atoms with van der Waals surface area (Å²) in [7, 11) is 1.28. The van der Waals surface area contributed by atoms with Crippen LogP contribution in [0.4, 0.5) is 0 Å². The Hall–Kier alpha value is -2.65. The van der Waals surface area contributed by atoms with Crippen LogP contribution in [0.1, 0.15) is 21.5 Å². The summed E-state index contributed by atoms with van der Waals surface area (Å²) >= 11 is 3.38. The van der Waals surface area contributed by atoms with Crippen molar-refractivity contribution in [2.45, 2.75) is 12.5 Å². The minimum absolute atomic E-state index is 0.314. The summed E-state index contributed by atoms with van der Waals surface area (Å²) in [4.78, 5) is 24.3. The van der Waals surface area contributed by atoms with Crippen molar-refractivity contribution in [1.82, 2.24) is 5.32 Å². The third-order valence-corrected chi connectivity index (χ3v) is 3.89. The Balaban J connectivity index is 2.14. The molecule has 0 heterocycles. The number of carbonyl (C=O) groups excluding carboxylic acids is 2. The van der Waals surface area contributed by atoms with Crippen molar-refractivity contribution in [3.8, 4) is 6.07 Å². The van der Waals surface area contributed by atoms with E-state index >= 15 is 0 Å². The minimum atomic E-state index is -0.799. The Morgan fingerprint density at radius 1 is 1.25 bits per heavy atom. The van der Waals surface area contributed by atoms with Crippen molar-refractivity contribution in [2.75, 3.05) is 7.11 Å². The van der Waals surface area contributed by atoms with Crippen LogP contribution in [-0.2, 0) is 16.0 Å². The standard InChI is InChI=1S/C18H15BrN2O3/c1-24-18(23)16(10-13-3-2-4-15(19)9-13)21-17(22)14-7-5-12(11-20)6-8-14/h2-9,16H,10H2,1H3,(H,21,22)/t16-/m0/s1. The number of esters is 1. The monoisotopic (exact) mass is 386 g/mol. The molecule has 2 aromatic rings. The molecule has 24 heavy (non-hydrogen) atoms. The van der Waals surface area contributed by atoms with Crippen LogP contribution in [0.2, 0.25) is 0 Å². The van der Waals surface area contributed by atoms with Gasteiger partial charge in [-0.1, -0.05) is 28.1 Å². The van der Waals surface area contributed by atoms with Crippen LogP contribution in [0.5, 0.6) is 0 Å². The highest BCUT2D eigenvalue weighted by Crippen LogP contribution is 2.14. The highest BCUT2D eigenvalue weighted by atomic mass is 79.9. The van der Waals surface area contributed by atoms with E-state index in [0.29, 0.717) is 17.5 Å². The first-order valence-corrected chi connectivity index (χ1v) is 7.96. The number of rotatable bonds is 5. The van der Waals surface area contributed by atoms with Gasteiger partial charge >= 0.3 is 5.97 Å². The second kappa shape index (κ2) is 8.27. The number of halogens is 1. The number of nitrogens with zero attached hydrogens (tertiary/aromatic N) is 1. The molecule has 0 aliphatic carbocycles. The third kappa shape index (κ3) is 4.67. The molecule has 0 saturated carbocycles. The minimum Gasteiger partial charge on any atom is -0.467 e. The lowest BCUT2D eigenvalue weighted by atomic mass is 10.1. The Morgan fingerprint density at radius 3 is 2.54 bits per heavy atom. The molecule has 6 heteroatoms. The van der Waals surface area contributed by atoms with Gasteiger partial charge in [0.1, 0.15) is 6.04 Å². The van der Waals surface area contributed by atoms with Crippen LogP contribution < -0.4 is 5.32 Å². The van der Waals surface area contributed by atoms with Crippen LogP contribution in [0.25, 0.3) is 0 Å². The highest BCUT2D eigenvalue weighted by Gasteiger charge is 2.22. The number of nitrogens with one attached hydrogen (secondary N) is 1. The van der Waals surface area contributed by atoms with Gasteiger partial charge in [0.05, 0.1) is 18.7 Å². The average molecular weight is 387 g/mol. The molecule has 122 valence electrons. The summed E-state index contributed by atoms with van der Waals surface area (Å²) in [5.41, 5.74) is 1.72. The first-order chi connectivity index (χ1) is 11.5. The van der Waals surface area contributed by atoms with Crippen LogP contribution >= 0.6 is 15.9 Å². The molecule has 0 unspecified atom stereocenters. The summed E-state index contributed by atoms with van der Waals surface area (Å²) in [6, 6.07) is 14.9. The van der Waals surface area contributed by atoms with Crippen LogP contribution in [-0.4, -0.2) is 25.0 Å². The summed E-state index contributed by atoms with van der Waals surface area (Å²) in [6.07, 6.45) is 0.314. The molecule has 0 spiro atoms. The highest BCUT2D eigenvalue weighted by molar-refractivity contribution is 9.10. The lowest BCUT2D eigenvalue weighted by Crippen LogP contribution is -2.43. The third-order valence-electron chi connectivity index (χ3n) is 3.40. The maximum absolute atomic E-state index is 12.3. The maximum atomic E-state index is 12.3. The second-order valence-corrected chi connectivity index (χ2v) is 5.99. The Morgan fingerprint density at radius 2 is 1.96 bits per heavy atom. The van der Waals surface area contributed by atoms with E-state index in [4.69, 9.17) is 10.00 Å². The van der Waals surface area contributed by atoms with E-state index in [2.05, 4.69) is 21.2 Å². The predicted molar refractivity (Wildman–Crippen MR) is 92.3 cm³/mol. The van der Waals surface area contributed by atoms with Gasteiger partial charge in [0.2, 0.25) is 0 Å². The molecule has 5 nitrogen and oxygen atoms in total. The normalized spacial score (nSPS) is 11.2. The number of methoxy groups -OCH3 is 1. The van der Waals surface area contributed by atoms with E-state index in [9.17, 15) is 9.59 Å². The van der Waals surface area contributed by atoms with Gasteiger partial charge in [-0.15, -0.1) is 0 Å². The van der Waals surface area contributed by atoms with Gasteiger partial charge < -0.3 is 10.1 Å². The summed E-state index contributed by atoms with van der Waals surface area (Å²) in [5.74, 6) is -0.915. The Bertz CT molecular complexity index is 782. The van der Waals surface area contributed by atoms with Crippen molar-refractivity contribution >= 4 is 27.8 Å². The van der Waals surface area contributed by atoms with Crippen molar-refractivity contribution < 1.29 is 14.3 Å². The van der Waals surface area contributed by atoms with Gasteiger partial charge in [-0.25, -0.2) is 4.79 Å². The van der Waals surface area contributed by atoms with Crippen molar-refractivity contribution in [3.05, 3.63) is 69.7 Å². The van der Waals surface area contributed by atoms with Crippen LogP contribution in [0.15, 0.2) is 53.0 Å². The van der Waals surface area contributed by atoms with E-state index in [0.717, 1.165) is 10.0 Å². The fourth-order valence-electron chi connectivity index (χ4n) is 2.17. The lowest BCUT2D eigenvalue weighted by Gasteiger charge is -2.17. The molecule has 0 aliphatic rings. The van der Waals surface area contributed by atoms with E-state index in [-0.39, 0.29) is 0 Å². The molecule has 2 aromatic carbocycles. The van der Waals surface area contributed by atoms with Gasteiger partial charge in [0.15, 0.2) is 0 Å². The quantitative estimate of drug-likeness (QED) is 0.801. The van der Waals surface area contributed by atoms with Gasteiger partial charge in [-0.05, 0) is 42.0 Å². The maximum Gasteiger partial charge on any atom is 0.328 e. The van der Waals surface area contributed by atoms with E-state index in [1.807, 2.05) is 30.3 Å². The molecular formula is C18H15BrN2O3. The van der Waals surface area contributed by atoms with E-state index in [1.165, 1.54) is 7.11 Å². The number of amides is 1. The average Bonchev–Trinajstić information content (AvgIpc) is 2.60. The van der Waals surface area contributed by atoms with Crippen LogP contribution in [0.3, 0.4) is 0 Å². The fourth-order valence-corrected chi connectivity index (χ4v) is 2.62. The van der Waals surface area contributed by atoms with Crippen molar-refractivity contribution in [1.29, 1.82) is 5.26 Å². The molecule has 1 N–H and O–H groups in total. The van der Waals surface area contributed by atoms with E-state index < -0.39 is 17.9 Å². The van der Waals surface area contributed by atoms with Gasteiger partial charge in [-0.3, -0.25) is 4.79 Å². The molecule has 1 amide bonds. The fraction of sp³-hybridized carbons (Fsp3) is 0.167. The topological polar surface area (TPSA) is 79.2 Å². The van der Waals surface area contributed by atoms with E-state index in [1.54, 1.807) is 24.3 Å². The van der Waals surface area contributed by atoms with Gasteiger partial charge in [0, 0.05) is 16.5 Å². The predicted octanol–water partition coefficient (Wildman–Crippen LogP) is 2.83. The summed E-state index contributed by atoms with van der Waals surface area (Å²) < 4.78 is 5.67. The number of hydrogen-bond donors (Lipinski definition) is 1.